The van der Waals surface area contributed by atoms with Gasteiger partial charge in [-0.3, -0.25) is 4.79 Å². The second kappa shape index (κ2) is 9.79. The summed E-state index contributed by atoms with van der Waals surface area (Å²) in [5.74, 6) is 0.696. The van der Waals surface area contributed by atoms with E-state index in [-0.39, 0.29) is 22.7 Å². The third kappa shape index (κ3) is 4.72. The fourth-order valence-corrected chi connectivity index (χ4v) is 4.28. The molecule has 180 valence electrons. The Labute approximate surface area is 205 Å². The Morgan fingerprint density at radius 2 is 2.14 bits per heavy atom. The molecule has 1 unspecified atom stereocenters. The summed E-state index contributed by atoms with van der Waals surface area (Å²) in [7, 11) is 1.55. The highest BCUT2D eigenvalue weighted by Crippen LogP contribution is 2.36. The van der Waals surface area contributed by atoms with E-state index >= 15 is 0 Å². The first-order valence-corrected chi connectivity index (χ1v) is 11.4. The molecule has 4 aromatic rings. The lowest BCUT2D eigenvalue weighted by molar-refractivity contribution is 0.0532. The molecular weight excluding hydrogens is 475 g/mol. The van der Waals surface area contributed by atoms with Crippen molar-refractivity contribution in [2.45, 2.75) is 18.9 Å². The highest BCUT2D eigenvalue weighted by atomic mass is 35.5. The first kappa shape index (κ1) is 22.9. The molecule has 2 aromatic carbocycles. The number of carbonyl (C=O) groups is 1. The van der Waals surface area contributed by atoms with Gasteiger partial charge >= 0.3 is 0 Å². The number of carbonyl (C=O) groups excluding carboxylic acids is 1. The summed E-state index contributed by atoms with van der Waals surface area (Å²) in [6.07, 6.45) is 5.64. The van der Waals surface area contributed by atoms with Crippen LogP contribution in [0.25, 0.3) is 10.9 Å². The number of nitrogens with zero attached hydrogens (tertiary/aromatic N) is 3. The van der Waals surface area contributed by atoms with Crippen molar-refractivity contribution >= 4 is 39.9 Å². The zero-order chi connectivity index (χ0) is 24.4. The molecular formula is C25H22ClFN4O4. The number of ether oxygens (including phenoxy) is 2. The number of rotatable bonds is 6. The molecule has 2 aromatic heterocycles. The van der Waals surface area contributed by atoms with Gasteiger partial charge in [-0.25, -0.2) is 14.4 Å². The molecule has 1 N–H and O–H groups in total. The van der Waals surface area contributed by atoms with Crippen LogP contribution >= 0.6 is 11.6 Å². The minimum atomic E-state index is -0.574. The smallest absolute Gasteiger partial charge is 0.257 e. The van der Waals surface area contributed by atoms with Gasteiger partial charge in [0.05, 0.1) is 41.7 Å². The average molecular weight is 497 g/mol. The minimum Gasteiger partial charge on any atom is -0.493 e. The summed E-state index contributed by atoms with van der Waals surface area (Å²) >= 11 is 5.92. The normalized spacial score (nSPS) is 15.7. The molecule has 0 saturated carbocycles. The van der Waals surface area contributed by atoms with Crippen molar-refractivity contribution in [2.24, 2.45) is 0 Å². The quantitative estimate of drug-likeness (QED) is 0.379. The van der Waals surface area contributed by atoms with Gasteiger partial charge in [0, 0.05) is 18.0 Å². The van der Waals surface area contributed by atoms with Crippen molar-refractivity contribution in [1.82, 2.24) is 14.9 Å². The van der Waals surface area contributed by atoms with Crippen molar-refractivity contribution in [3.05, 3.63) is 71.7 Å². The Morgan fingerprint density at radius 1 is 1.26 bits per heavy atom. The fraction of sp³-hybridized carbons (Fsp3) is 0.240. The van der Waals surface area contributed by atoms with Crippen molar-refractivity contribution in [2.75, 3.05) is 25.5 Å². The molecule has 1 amide bonds. The van der Waals surface area contributed by atoms with Crippen LogP contribution in [0, 0.1) is 5.82 Å². The molecule has 8 nitrogen and oxygen atoms in total. The number of halogens is 2. The second-order valence-electron chi connectivity index (χ2n) is 8.11. The third-order valence-corrected chi connectivity index (χ3v) is 6.14. The molecule has 0 bridgehead atoms. The fourth-order valence-electron chi connectivity index (χ4n) is 4.11. The number of amides is 1. The topological polar surface area (TPSA) is 89.7 Å². The first-order valence-electron chi connectivity index (χ1n) is 11.1. The summed E-state index contributed by atoms with van der Waals surface area (Å²) < 4.78 is 31.4. The van der Waals surface area contributed by atoms with Crippen LogP contribution in [0.3, 0.4) is 0 Å². The van der Waals surface area contributed by atoms with E-state index in [1.807, 2.05) is 0 Å². The van der Waals surface area contributed by atoms with E-state index in [1.165, 1.54) is 24.9 Å². The van der Waals surface area contributed by atoms with Crippen LogP contribution in [-0.4, -0.2) is 47.1 Å². The lowest BCUT2D eigenvalue weighted by atomic mass is 10.1. The van der Waals surface area contributed by atoms with Gasteiger partial charge in [0.2, 0.25) is 0 Å². The molecule has 1 aliphatic rings. The van der Waals surface area contributed by atoms with Crippen LogP contribution in [0.1, 0.15) is 23.2 Å². The number of likely N-dealkylation sites (tertiary alicyclic amines) is 1. The highest BCUT2D eigenvalue weighted by molar-refractivity contribution is 6.31. The van der Waals surface area contributed by atoms with E-state index in [0.29, 0.717) is 46.9 Å². The zero-order valence-corrected chi connectivity index (χ0v) is 19.6. The summed E-state index contributed by atoms with van der Waals surface area (Å²) in [5, 5.41) is 3.61. The lowest BCUT2D eigenvalue weighted by Gasteiger charge is -2.33. The van der Waals surface area contributed by atoms with E-state index in [9.17, 15) is 9.18 Å². The van der Waals surface area contributed by atoms with Crippen molar-refractivity contribution in [1.29, 1.82) is 0 Å². The molecule has 10 heteroatoms. The SMILES string of the molecule is COc1cc2ncnc(Nc3cccc(Cl)c3F)c2cc1OC1CCCN(C(=O)c2ccoc2)C1. The van der Waals surface area contributed by atoms with E-state index in [0.717, 1.165) is 12.8 Å². The molecule has 1 fully saturated rings. The summed E-state index contributed by atoms with van der Waals surface area (Å²) in [4.78, 5) is 23.1. The van der Waals surface area contributed by atoms with Crippen LogP contribution in [0.2, 0.25) is 5.02 Å². The summed E-state index contributed by atoms with van der Waals surface area (Å²) in [6.45, 7) is 1.07. The molecule has 1 atom stereocenters. The number of aromatic nitrogens is 2. The van der Waals surface area contributed by atoms with Crippen LogP contribution in [0.5, 0.6) is 11.5 Å². The number of benzene rings is 2. The van der Waals surface area contributed by atoms with E-state index < -0.39 is 5.82 Å². The molecule has 0 aliphatic carbocycles. The maximum Gasteiger partial charge on any atom is 0.257 e. The first-order chi connectivity index (χ1) is 17.0. The molecule has 0 spiro atoms. The van der Waals surface area contributed by atoms with E-state index in [1.54, 1.807) is 42.3 Å². The van der Waals surface area contributed by atoms with E-state index in [4.69, 9.17) is 25.5 Å². The lowest BCUT2D eigenvalue weighted by Crippen LogP contribution is -2.44. The summed E-state index contributed by atoms with van der Waals surface area (Å²) in [5.41, 5.74) is 1.29. The Morgan fingerprint density at radius 3 is 2.94 bits per heavy atom. The largest absolute Gasteiger partial charge is 0.493 e. The van der Waals surface area contributed by atoms with Gasteiger partial charge in [-0.15, -0.1) is 0 Å². The number of methoxy groups -OCH3 is 1. The molecule has 1 aliphatic heterocycles. The summed E-state index contributed by atoms with van der Waals surface area (Å²) in [6, 6.07) is 9.84. The minimum absolute atomic E-state index is 0.00544. The van der Waals surface area contributed by atoms with Crippen molar-refractivity contribution < 1.29 is 23.1 Å². The Bertz CT molecular complexity index is 1370. The molecule has 0 radical (unpaired) electrons. The van der Waals surface area contributed by atoms with Crippen LogP contribution < -0.4 is 14.8 Å². The monoisotopic (exact) mass is 496 g/mol. The van der Waals surface area contributed by atoms with Gasteiger partial charge < -0.3 is 24.1 Å². The number of fused-ring (bicyclic) bond motifs is 1. The molecule has 3 heterocycles. The maximum absolute atomic E-state index is 14.5. The van der Waals surface area contributed by atoms with Gasteiger partial charge in [-0.1, -0.05) is 17.7 Å². The number of hydrogen-bond acceptors (Lipinski definition) is 7. The van der Waals surface area contributed by atoms with Crippen LogP contribution in [0.4, 0.5) is 15.9 Å². The predicted octanol–water partition coefficient (Wildman–Crippen LogP) is 5.45. The Hall–Kier alpha value is -3.85. The Balaban J connectivity index is 1.43. The van der Waals surface area contributed by atoms with Crippen molar-refractivity contribution in [3.8, 4) is 11.5 Å². The number of hydrogen-bond donors (Lipinski definition) is 1. The van der Waals surface area contributed by atoms with Crippen LogP contribution in [-0.2, 0) is 0 Å². The van der Waals surface area contributed by atoms with Gasteiger partial charge in [-0.2, -0.15) is 0 Å². The molecule has 1 saturated heterocycles. The standard InChI is InChI=1S/C25H22ClFN4O4/c1-33-21-11-20-17(24(29-14-28-20)30-19-6-2-5-18(26)23(19)27)10-22(21)35-16-4-3-8-31(12-16)25(32)15-7-9-34-13-15/h2,5-7,9-11,13-14,16H,3-4,8,12H2,1H3,(H,28,29,30). The number of anilines is 2. The highest BCUT2D eigenvalue weighted by Gasteiger charge is 2.27. The number of nitrogens with one attached hydrogen (secondary N) is 1. The predicted molar refractivity (Wildman–Crippen MR) is 129 cm³/mol. The third-order valence-electron chi connectivity index (χ3n) is 5.85. The molecule has 5 rings (SSSR count). The average Bonchev–Trinajstić information content (AvgIpc) is 3.41. The van der Waals surface area contributed by atoms with Crippen molar-refractivity contribution in [3.63, 3.8) is 0 Å². The Kier molecular flexibility index (Phi) is 6.41. The van der Waals surface area contributed by atoms with Gasteiger partial charge in [-0.05, 0) is 37.1 Å². The van der Waals surface area contributed by atoms with Crippen LogP contribution in [0.15, 0.2) is 59.7 Å². The maximum atomic E-state index is 14.5. The van der Waals surface area contributed by atoms with Gasteiger partial charge in [0.15, 0.2) is 17.3 Å². The number of piperidine rings is 1. The second-order valence-corrected chi connectivity index (χ2v) is 8.52. The van der Waals surface area contributed by atoms with E-state index in [2.05, 4.69) is 15.3 Å². The number of furan rings is 1. The zero-order valence-electron chi connectivity index (χ0n) is 18.8. The molecule has 35 heavy (non-hydrogen) atoms. The van der Waals surface area contributed by atoms with Gasteiger partial charge in [0.25, 0.3) is 5.91 Å². The van der Waals surface area contributed by atoms with Gasteiger partial charge in [0.1, 0.15) is 24.5 Å².